The van der Waals surface area contributed by atoms with Gasteiger partial charge in [-0.1, -0.05) is 35.5 Å². The number of carbonyl (C=O) groups excluding carboxylic acids is 1. The van der Waals surface area contributed by atoms with Gasteiger partial charge in [0.25, 0.3) is 0 Å². The lowest BCUT2D eigenvalue weighted by atomic mass is 9.48. The number of aryl methyl sites for hydroxylation is 1. The molecule has 1 spiro atoms. The molecule has 3 aliphatic rings. The molecule has 0 radical (unpaired) electrons. The maximum absolute atomic E-state index is 13.7. The number of methoxy groups -OCH3 is 1. The molecular formula is C31H31F3N2O4. The summed E-state index contributed by atoms with van der Waals surface area (Å²) < 4.78 is 57.4. The SMILES string of the molecule is COC(=O)c1ncc(OCC2CC3(CC(/C=C/c4c(-c5ccccc5C(F)(F)F)noc4C4CC4)C3)C2)cc1C. The second-order valence-electron chi connectivity index (χ2n) is 11.6. The molecule has 0 atom stereocenters. The number of nitrogens with zero attached hydrogens (tertiary/aromatic N) is 2. The Bertz CT molecular complexity index is 1440. The first kappa shape index (κ1) is 26.6. The molecule has 6 nitrogen and oxygen atoms in total. The maximum atomic E-state index is 13.7. The predicted molar refractivity (Wildman–Crippen MR) is 142 cm³/mol. The lowest BCUT2D eigenvalue weighted by molar-refractivity contribution is -0.137. The monoisotopic (exact) mass is 552 g/mol. The minimum Gasteiger partial charge on any atom is -0.492 e. The van der Waals surface area contributed by atoms with E-state index in [4.69, 9.17) is 14.0 Å². The minimum absolute atomic E-state index is 0.0579. The number of ether oxygens (including phenoxy) is 2. The Hall–Kier alpha value is -3.62. The summed E-state index contributed by atoms with van der Waals surface area (Å²) in [6.45, 7) is 2.41. The van der Waals surface area contributed by atoms with Crippen molar-refractivity contribution in [2.75, 3.05) is 13.7 Å². The molecular weight excluding hydrogens is 521 g/mol. The van der Waals surface area contributed by atoms with Crippen LogP contribution in [-0.4, -0.2) is 29.8 Å². The molecule has 2 heterocycles. The van der Waals surface area contributed by atoms with Gasteiger partial charge in [-0.2, -0.15) is 13.2 Å². The fourth-order valence-electron chi connectivity index (χ4n) is 6.43. The van der Waals surface area contributed by atoms with Gasteiger partial charge in [0.1, 0.15) is 17.2 Å². The third kappa shape index (κ3) is 5.13. The second kappa shape index (κ2) is 10.1. The summed E-state index contributed by atoms with van der Waals surface area (Å²) in [6.07, 6.45) is 7.41. The molecule has 0 N–H and O–H groups in total. The molecule has 6 rings (SSSR count). The van der Waals surface area contributed by atoms with E-state index >= 15 is 0 Å². The van der Waals surface area contributed by atoms with Crippen molar-refractivity contribution in [2.45, 2.75) is 57.5 Å². The van der Waals surface area contributed by atoms with Crippen molar-refractivity contribution in [1.82, 2.24) is 10.1 Å². The van der Waals surface area contributed by atoms with Crippen LogP contribution in [0.5, 0.6) is 5.75 Å². The molecule has 0 aliphatic heterocycles. The van der Waals surface area contributed by atoms with Crippen LogP contribution in [0, 0.1) is 24.2 Å². The summed E-state index contributed by atoms with van der Waals surface area (Å²) in [6, 6.07) is 7.36. The van der Waals surface area contributed by atoms with Gasteiger partial charge in [0.15, 0.2) is 5.69 Å². The Morgan fingerprint density at radius 2 is 1.93 bits per heavy atom. The summed E-state index contributed by atoms with van der Waals surface area (Å²) in [5.74, 6) is 1.96. The molecule has 2 aromatic heterocycles. The number of halogens is 3. The van der Waals surface area contributed by atoms with Crippen LogP contribution in [0.15, 0.2) is 47.1 Å². The van der Waals surface area contributed by atoms with E-state index in [9.17, 15) is 18.0 Å². The number of benzene rings is 1. The first-order valence-corrected chi connectivity index (χ1v) is 13.7. The summed E-state index contributed by atoms with van der Waals surface area (Å²) in [4.78, 5) is 15.9. The Morgan fingerprint density at radius 3 is 2.60 bits per heavy atom. The van der Waals surface area contributed by atoms with Crippen molar-refractivity contribution < 1.29 is 32.0 Å². The average molecular weight is 553 g/mol. The highest BCUT2D eigenvalue weighted by atomic mass is 19.4. The van der Waals surface area contributed by atoms with E-state index in [1.807, 2.05) is 6.08 Å². The number of alkyl halides is 3. The van der Waals surface area contributed by atoms with E-state index in [-0.39, 0.29) is 22.9 Å². The number of carbonyl (C=O) groups is 1. The smallest absolute Gasteiger partial charge is 0.417 e. The standard InChI is InChI=1S/C31H31F3N2O4/c1-18-11-22(16-35-26(18)29(37)38-2)39-17-20-14-30(15-20)12-19(13-30)7-10-24-27(36-40-28(24)21-8-9-21)23-5-3-4-6-25(23)31(32,33)34/h3-7,10-11,16,19-21H,8-9,12-15,17H2,1-2H3/b10-7+. The van der Waals surface area contributed by atoms with E-state index in [1.54, 1.807) is 25.3 Å². The van der Waals surface area contributed by atoms with Crippen LogP contribution in [-0.2, 0) is 10.9 Å². The Labute approximate surface area is 230 Å². The van der Waals surface area contributed by atoms with E-state index < -0.39 is 17.7 Å². The lowest BCUT2D eigenvalue weighted by Gasteiger charge is -2.57. The van der Waals surface area contributed by atoms with Crippen LogP contribution in [0.2, 0.25) is 0 Å². The van der Waals surface area contributed by atoms with Gasteiger partial charge in [-0.05, 0) is 80.4 Å². The summed E-state index contributed by atoms with van der Waals surface area (Å²) in [7, 11) is 1.33. The van der Waals surface area contributed by atoms with Crippen molar-refractivity contribution >= 4 is 12.0 Å². The normalized spacial score (nSPS) is 24.1. The van der Waals surface area contributed by atoms with Gasteiger partial charge < -0.3 is 14.0 Å². The molecule has 0 unspecified atom stereocenters. The van der Waals surface area contributed by atoms with Crippen LogP contribution in [0.4, 0.5) is 13.2 Å². The van der Waals surface area contributed by atoms with Gasteiger partial charge in [0.2, 0.25) is 0 Å². The number of aromatic nitrogens is 2. The average Bonchev–Trinajstić information content (AvgIpc) is 3.64. The number of hydrogen-bond donors (Lipinski definition) is 0. The van der Waals surface area contributed by atoms with Crippen molar-refractivity contribution in [3.63, 3.8) is 0 Å². The third-order valence-corrected chi connectivity index (χ3v) is 8.48. The largest absolute Gasteiger partial charge is 0.492 e. The van der Waals surface area contributed by atoms with Gasteiger partial charge in [0, 0.05) is 17.0 Å². The van der Waals surface area contributed by atoms with Crippen LogP contribution in [0.25, 0.3) is 17.3 Å². The highest BCUT2D eigenvalue weighted by Gasteiger charge is 2.52. The van der Waals surface area contributed by atoms with Crippen molar-refractivity contribution in [3.8, 4) is 17.0 Å². The summed E-state index contributed by atoms with van der Waals surface area (Å²) in [5, 5.41) is 4.11. The number of pyridine rings is 1. The quantitative estimate of drug-likeness (QED) is 0.268. The van der Waals surface area contributed by atoms with Crippen molar-refractivity contribution in [3.05, 3.63) is 70.7 Å². The second-order valence-corrected chi connectivity index (χ2v) is 11.6. The molecule has 0 amide bonds. The molecule has 40 heavy (non-hydrogen) atoms. The molecule has 3 fully saturated rings. The van der Waals surface area contributed by atoms with Crippen molar-refractivity contribution in [2.24, 2.45) is 17.3 Å². The molecule has 1 aromatic carbocycles. The van der Waals surface area contributed by atoms with Crippen LogP contribution in [0.1, 0.15) is 77.4 Å². The number of hydrogen-bond acceptors (Lipinski definition) is 6. The van der Waals surface area contributed by atoms with E-state index in [0.717, 1.165) is 44.6 Å². The Kier molecular flexibility index (Phi) is 6.71. The van der Waals surface area contributed by atoms with E-state index in [0.29, 0.717) is 46.5 Å². The first-order valence-electron chi connectivity index (χ1n) is 13.7. The molecule has 3 aromatic rings. The zero-order valence-corrected chi connectivity index (χ0v) is 22.5. The molecule has 3 saturated carbocycles. The fourth-order valence-corrected chi connectivity index (χ4v) is 6.43. The van der Waals surface area contributed by atoms with Gasteiger partial charge in [0.05, 0.1) is 25.5 Å². The summed E-state index contributed by atoms with van der Waals surface area (Å²) in [5.41, 5.74) is 1.64. The van der Waals surface area contributed by atoms with Crippen molar-refractivity contribution in [1.29, 1.82) is 0 Å². The van der Waals surface area contributed by atoms with Gasteiger partial charge >= 0.3 is 12.1 Å². The Morgan fingerprint density at radius 1 is 1.18 bits per heavy atom. The zero-order chi connectivity index (χ0) is 28.1. The highest BCUT2D eigenvalue weighted by molar-refractivity contribution is 5.88. The van der Waals surface area contributed by atoms with Gasteiger partial charge in [-0.3, -0.25) is 0 Å². The first-order chi connectivity index (χ1) is 19.2. The molecule has 0 bridgehead atoms. The maximum Gasteiger partial charge on any atom is 0.417 e. The molecule has 210 valence electrons. The van der Waals surface area contributed by atoms with Gasteiger partial charge in [-0.25, -0.2) is 9.78 Å². The molecule has 3 aliphatic carbocycles. The van der Waals surface area contributed by atoms with Gasteiger partial charge in [-0.15, -0.1) is 0 Å². The Balaban J connectivity index is 1.06. The lowest BCUT2D eigenvalue weighted by Crippen LogP contribution is -2.48. The number of esters is 1. The number of allylic oxidation sites excluding steroid dienone is 1. The fraction of sp³-hybridized carbons (Fsp3) is 0.452. The topological polar surface area (TPSA) is 74.5 Å². The number of rotatable bonds is 8. The summed E-state index contributed by atoms with van der Waals surface area (Å²) >= 11 is 0. The predicted octanol–water partition coefficient (Wildman–Crippen LogP) is 7.63. The molecule has 0 saturated heterocycles. The third-order valence-electron chi connectivity index (χ3n) is 8.48. The minimum atomic E-state index is -4.47. The zero-order valence-electron chi connectivity index (χ0n) is 22.5. The van der Waals surface area contributed by atoms with Crippen LogP contribution in [0.3, 0.4) is 0 Å². The molecule has 9 heteroatoms. The highest BCUT2D eigenvalue weighted by Crippen LogP contribution is 2.61. The van der Waals surface area contributed by atoms with E-state index in [1.165, 1.54) is 19.2 Å². The van der Waals surface area contributed by atoms with E-state index in [2.05, 4.69) is 16.2 Å². The van der Waals surface area contributed by atoms with Crippen LogP contribution >= 0.6 is 0 Å². The van der Waals surface area contributed by atoms with Crippen LogP contribution < -0.4 is 4.74 Å².